The predicted molar refractivity (Wildman–Crippen MR) is 82.4 cm³/mol. The van der Waals surface area contributed by atoms with Gasteiger partial charge in [-0.25, -0.2) is 9.36 Å². The molecule has 0 aliphatic rings. The second kappa shape index (κ2) is 5.64. The minimum Gasteiger partial charge on any atom is -0.297 e. The maximum Gasteiger partial charge on any atom is 0.334 e. The van der Waals surface area contributed by atoms with Crippen LogP contribution >= 0.6 is 43.5 Å². The van der Waals surface area contributed by atoms with Gasteiger partial charge in [0.25, 0.3) is 5.56 Å². The van der Waals surface area contributed by atoms with E-state index in [0.717, 1.165) is 9.04 Å². The molecule has 0 radical (unpaired) electrons. The highest BCUT2D eigenvalue weighted by Gasteiger charge is 2.14. The summed E-state index contributed by atoms with van der Waals surface area (Å²) in [5, 5.41) is 0.0971. The first-order valence-corrected chi connectivity index (χ1v) is 7.41. The van der Waals surface area contributed by atoms with Gasteiger partial charge in [0.2, 0.25) is 0 Å². The molecule has 100 valence electrons. The number of rotatable bonds is 2. The Morgan fingerprint density at radius 2 is 2.00 bits per heavy atom. The highest BCUT2D eigenvalue weighted by atomic mass is 79.9. The quantitative estimate of drug-likeness (QED) is 0.776. The van der Waals surface area contributed by atoms with Gasteiger partial charge in [-0.05, 0) is 40.5 Å². The van der Waals surface area contributed by atoms with E-state index in [-0.39, 0.29) is 5.15 Å². The van der Waals surface area contributed by atoms with Crippen LogP contribution in [0.15, 0.2) is 36.7 Å². The second-order valence-electron chi connectivity index (χ2n) is 3.81. The van der Waals surface area contributed by atoms with Crippen molar-refractivity contribution in [2.45, 2.75) is 13.3 Å². The van der Waals surface area contributed by atoms with Crippen molar-refractivity contribution in [3.63, 3.8) is 0 Å². The van der Waals surface area contributed by atoms with Crippen LogP contribution in [0.1, 0.15) is 12.5 Å². The lowest BCUT2D eigenvalue weighted by atomic mass is 10.2. The summed E-state index contributed by atoms with van der Waals surface area (Å²) >= 11 is 12.5. The van der Waals surface area contributed by atoms with Crippen molar-refractivity contribution in [1.82, 2.24) is 9.55 Å². The summed E-state index contributed by atoms with van der Waals surface area (Å²) in [6.45, 7) is 1.81. The molecule has 0 aliphatic heterocycles. The number of nitrogens with one attached hydrogen (secondary N) is 1. The molecular formula is C12H9Br2ClN2O2. The summed E-state index contributed by atoms with van der Waals surface area (Å²) < 4.78 is 2.48. The molecule has 1 aromatic carbocycles. The van der Waals surface area contributed by atoms with Crippen molar-refractivity contribution in [2.24, 2.45) is 0 Å². The Bertz CT molecular complexity index is 752. The van der Waals surface area contributed by atoms with Gasteiger partial charge in [-0.15, -0.1) is 0 Å². The molecule has 0 fully saturated rings. The molecule has 7 heteroatoms. The number of H-pyrrole nitrogens is 1. The van der Waals surface area contributed by atoms with Gasteiger partial charge in [0.1, 0.15) is 5.15 Å². The smallest absolute Gasteiger partial charge is 0.297 e. The van der Waals surface area contributed by atoms with E-state index in [9.17, 15) is 9.59 Å². The fourth-order valence-corrected chi connectivity index (χ4v) is 2.80. The SMILES string of the molecule is CCc1c(Cl)[nH]c(=O)n(-c2cc(Br)ccc2Br)c1=O. The van der Waals surface area contributed by atoms with Gasteiger partial charge in [0.05, 0.1) is 11.3 Å². The lowest BCUT2D eigenvalue weighted by Crippen LogP contribution is -2.36. The highest BCUT2D eigenvalue weighted by Crippen LogP contribution is 2.23. The molecule has 0 spiro atoms. The fraction of sp³-hybridized carbons (Fsp3) is 0.167. The molecular weight excluding hydrogens is 399 g/mol. The first-order valence-electron chi connectivity index (χ1n) is 5.44. The summed E-state index contributed by atoms with van der Waals surface area (Å²) in [6.07, 6.45) is 0.445. The zero-order chi connectivity index (χ0) is 14.2. The van der Waals surface area contributed by atoms with E-state index in [4.69, 9.17) is 11.6 Å². The molecule has 0 unspecified atom stereocenters. The summed E-state index contributed by atoms with van der Waals surface area (Å²) in [5.41, 5.74) is -0.124. The van der Waals surface area contributed by atoms with E-state index in [1.165, 1.54) is 0 Å². The third-order valence-electron chi connectivity index (χ3n) is 2.65. The summed E-state index contributed by atoms with van der Waals surface area (Å²) in [6, 6.07) is 5.25. The molecule has 0 atom stereocenters. The molecule has 1 heterocycles. The number of hydrogen-bond acceptors (Lipinski definition) is 2. The molecule has 0 aliphatic carbocycles. The van der Waals surface area contributed by atoms with Gasteiger partial charge >= 0.3 is 5.69 Å². The van der Waals surface area contributed by atoms with E-state index < -0.39 is 11.2 Å². The van der Waals surface area contributed by atoms with Crippen molar-refractivity contribution in [3.05, 3.63) is 58.7 Å². The summed E-state index contributed by atoms with van der Waals surface area (Å²) in [5.74, 6) is 0. The van der Waals surface area contributed by atoms with E-state index in [2.05, 4.69) is 36.8 Å². The molecule has 1 N–H and O–H groups in total. The van der Waals surface area contributed by atoms with E-state index in [1.54, 1.807) is 19.1 Å². The summed E-state index contributed by atoms with van der Waals surface area (Å²) in [4.78, 5) is 26.8. The highest BCUT2D eigenvalue weighted by molar-refractivity contribution is 9.11. The largest absolute Gasteiger partial charge is 0.334 e. The van der Waals surface area contributed by atoms with Crippen LogP contribution in [0.2, 0.25) is 5.15 Å². The molecule has 0 amide bonds. The fourth-order valence-electron chi connectivity index (χ4n) is 1.73. The Labute approximate surface area is 130 Å². The zero-order valence-electron chi connectivity index (χ0n) is 9.84. The lowest BCUT2D eigenvalue weighted by Gasteiger charge is -2.10. The van der Waals surface area contributed by atoms with Gasteiger partial charge in [-0.2, -0.15) is 0 Å². The van der Waals surface area contributed by atoms with Crippen LogP contribution in [0.4, 0.5) is 0 Å². The number of hydrogen-bond donors (Lipinski definition) is 1. The van der Waals surface area contributed by atoms with Gasteiger partial charge in [-0.3, -0.25) is 9.78 Å². The molecule has 2 rings (SSSR count). The second-order valence-corrected chi connectivity index (χ2v) is 5.96. The Morgan fingerprint density at radius 1 is 1.32 bits per heavy atom. The third kappa shape index (κ3) is 2.70. The van der Waals surface area contributed by atoms with Crippen LogP contribution in [0.25, 0.3) is 5.69 Å². The first kappa shape index (κ1) is 14.6. The Hall–Kier alpha value is -0.850. The number of benzene rings is 1. The Morgan fingerprint density at radius 3 is 2.63 bits per heavy atom. The number of aromatic amines is 1. The van der Waals surface area contributed by atoms with E-state index >= 15 is 0 Å². The molecule has 19 heavy (non-hydrogen) atoms. The standard InChI is InChI=1S/C12H9Br2ClN2O2/c1-2-7-10(15)16-12(19)17(11(7)18)9-5-6(13)3-4-8(9)14/h3-5H,2H2,1H3,(H,16,19). The van der Waals surface area contributed by atoms with Crippen molar-refractivity contribution in [3.8, 4) is 5.69 Å². The average molecular weight is 408 g/mol. The number of halogens is 3. The first-order chi connectivity index (χ1) is 8.95. The van der Waals surface area contributed by atoms with Crippen molar-refractivity contribution < 1.29 is 0 Å². The van der Waals surface area contributed by atoms with E-state index in [0.29, 0.717) is 22.1 Å². The number of aromatic nitrogens is 2. The van der Waals surface area contributed by atoms with Crippen molar-refractivity contribution in [2.75, 3.05) is 0 Å². The molecule has 1 aromatic heterocycles. The predicted octanol–water partition coefficient (Wildman–Crippen LogP) is 3.27. The minimum absolute atomic E-state index is 0.0971. The topological polar surface area (TPSA) is 54.9 Å². The van der Waals surface area contributed by atoms with Crippen LogP contribution in [0.3, 0.4) is 0 Å². The molecule has 0 saturated heterocycles. The Kier molecular flexibility index (Phi) is 4.32. The third-order valence-corrected chi connectivity index (χ3v) is 4.14. The van der Waals surface area contributed by atoms with Crippen LogP contribution in [0.5, 0.6) is 0 Å². The van der Waals surface area contributed by atoms with Crippen molar-refractivity contribution in [1.29, 1.82) is 0 Å². The summed E-state index contributed by atoms with van der Waals surface area (Å²) in [7, 11) is 0. The van der Waals surface area contributed by atoms with E-state index in [1.807, 2.05) is 6.07 Å². The van der Waals surface area contributed by atoms with Gasteiger partial charge in [-0.1, -0.05) is 34.5 Å². The maximum absolute atomic E-state index is 12.3. The van der Waals surface area contributed by atoms with Crippen LogP contribution in [-0.2, 0) is 6.42 Å². The van der Waals surface area contributed by atoms with Gasteiger partial charge < -0.3 is 0 Å². The molecule has 4 nitrogen and oxygen atoms in total. The zero-order valence-corrected chi connectivity index (χ0v) is 13.8. The molecule has 2 aromatic rings. The molecule has 0 saturated carbocycles. The van der Waals surface area contributed by atoms with Crippen LogP contribution in [0, 0.1) is 0 Å². The number of nitrogens with zero attached hydrogens (tertiary/aromatic N) is 1. The maximum atomic E-state index is 12.3. The monoisotopic (exact) mass is 406 g/mol. The van der Waals surface area contributed by atoms with Gasteiger partial charge in [0.15, 0.2) is 0 Å². The lowest BCUT2D eigenvalue weighted by molar-refractivity contribution is 0.838. The normalized spacial score (nSPS) is 10.7. The van der Waals surface area contributed by atoms with Crippen LogP contribution in [-0.4, -0.2) is 9.55 Å². The van der Waals surface area contributed by atoms with Gasteiger partial charge in [0, 0.05) is 8.95 Å². The van der Waals surface area contributed by atoms with Crippen LogP contribution < -0.4 is 11.2 Å². The minimum atomic E-state index is -0.564. The molecule has 0 bridgehead atoms. The van der Waals surface area contributed by atoms with Crippen molar-refractivity contribution >= 4 is 43.5 Å². The average Bonchev–Trinajstić information content (AvgIpc) is 2.33. The Balaban J connectivity index is 2.87.